The molecule has 0 heterocycles. The van der Waals surface area contributed by atoms with Gasteiger partial charge in [-0.1, -0.05) is 12.1 Å². The van der Waals surface area contributed by atoms with Gasteiger partial charge in [-0.15, -0.1) is 0 Å². The average Bonchev–Trinajstić information content (AvgIpc) is 2.47. The van der Waals surface area contributed by atoms with Crippen LogP contribution in [0.5, 0.6) is 5.75 Å². The Kier molecular flexibility index (Phi) is 4.60. The summed E-state index contributed by atoms with van der Waals surface area (Å²) in [4.78, 5) is 11.1. The Morgan fingerprint density at radius 3 is 2.60 bits per heavy atom. The molecule has 2 aromatic carbocycles. The number of nitrogens with one attached hydrogen (secondary N) is 1. The zero-order valence-electron chi connectivity index (χ0n) is 11.4. The van der Waals surface area contributed by atoms with E-state index in [1.54, 1.807) is 12.1 Å². The van der Waals surface area contributed by atoms with Crippen molar-refractivity contribution in [3.63, 3.8) is 0 Å². The van der Waals surface area contributed by atoms with E-state index in [0.29, 0.717) is 18.7 Å². The number of anilines is 1. The molecule has 3 N–H and O–H groups in total. The lowest BCUT2D eigenvalue weighted by Gasteiger charge is -2.08. The maximum atomic E-state index is 11.1. The van der Waals surface area contributed by atoms with Crippen molar-refractivity contribution >= 4 is 11.6 Å². The Balaban J connectivity index is 1.97. The third-order valence-corrected chi connectivity index (χ3v) is 2.87. The van der Waals surface area contributed by atoms with Crippen LogP contribution < -0.4 is 15.8 Å². The van der Waals surface area contributed by atoms with E-state index in [0.717, 1.165) is 17.0 Å². The van der Waals surface area contributed by atoms with Crippen molar-refractivity contribution in [3.8, 4) is 5.75 Å². The molecule has 0 unspecified atom stereocenters. The number of nitrogens with two attached hydrogens (primary N) is 1. The predicted octanol–water partition coefficient (Wildman–Crippen LogP) is 2.80. The van der Waals surface area contributed by atoms with Crippen LogP contribution in [0.4, 0.5) is 5.69 Å². The molecule has 0 saturated heterocycles. The number of rotatable bonds is 6. The van der Waals surface area contributed by atoms with Crippen LogP contribution in [-0.2, 0) is 6.54 Å². The minimum atomic E-state index is -0.409. The van der Waals surface area contributed by atoms with Gasteiger partial charge in [0.2, 0.25) is 5.91 Å². The van der Waals surface area contributed by atoms with E-state index in [9.17, 15) is 4.79 Å². The first-order valence-electron chi connectivity index (χ1n) is 6.54. The molecule has 1 amide bonds. The largest absolute Gasteiger partial charge is 0.494 e. The topological polar surface area (TPSA) is 64.3 Å². The molecule has 2 aromatic rings. The van der Waals surface area contributed by atoms with Crippen molar-refractivity contribution in [1.29, 1.82) is 0 Å². The number of primary amides is 1. The second kappa shape index (κ2) is 6.61. The van der Waals surface area contributed by atoms with Crippen molar-refractivity contribution < 1.29 is 9.53 Å². The van der Waals surface area contributed by atoms with Crippen LogP contribution in [0.15, 0.2) is 48.5 Å². The minimum absolute atomic E-state index is 0.409. The Hall–Kier alpha value is -2.49. The second-order valence-corrected chi connectivity index (χ2v) is 4.38. The van der Waals surface area contributed by atoms with Crippen LogP contribution in [0.2, 0.25) is 0 Å². The fraction of sp³-hybridized carbons (Fsp3) is 0.188. The Labute approximate surface area is 118 Å². The van der Waals surface area contributed by atoms with Crippen LogP contribution >= 0.6 is 0 Å². The maximum absolute atomic E-state index is 11.1. The van der Waals surface area contributed by atoms with Gasteiger partial charge in [-0.3, -0.25) is 4.79 Å². The molecule has 0 aliphatic heterocycles. The van der Waals surface area contributed by atoms with Crippen molar-refractivity contribution in [2.45, 2.75) is 13.5 Å². The summed E-state index contributed by atoms with van der Waals surface area (Å²) in [6.07, 6.45) is 0. The van der Waals surface area contributed by atoms with Gasteiger partial charge in [0.1, 0.15) is 5.75 Å². The molecule has 0 aliphatic rings. The summed E-state index contributed by atoms with van der Waals surface area (Å²) in [5, 5.41) is 3.29. The normalized spacial score (nSPS) is 10.1. The summed E-state index contributed by atoms with van der Waals surface area (Å²) >= 11 is 0. The first-order chi connectivity index (χ1) is 9.69. The summed E-state index contributed by atoms with van der Waals surface area (Å²) in [6, 6.07) is 15.1. The van der Waals surface area contributed by atoms with E-state index in [2.05, 4.69) is 5.32 Å². The van der Waals surface area contributed by atoms with E-state index < -0.39 is 5.91 Å². The van der Waals surface area contributed by atoms with E-state index >= 15 is 0 Å². The highest BCUT2D eigenvalue weighted by molar-refractivity contribution is 5.92. The average molecular weight is 270 g/mol. The quantitative estimate of drug-likeness (QED) is 0.848. The molecule has 0 saturated carbocycles. The summed E-state index contributed by atoms with van der Waals surface area (Å²) in [6.45, 7) is 3.25. The Bertz CT molecular complexity index is 579. The molecule has 0 bridgehead atoms. The van der Waals surface area contributed by atoms with Crippen LogP contribution in [0, 0.1) is 0 Å². The summed E-state index contributed by atoms with van der Waals surface area (Å²) in [5.41, 5.74) is 7.79. The maximum Gasteiger partial charge on any atom is 0.248 e. The fourth-order valence-electron chi connectivity index (χ4n) is 1.87. The van der Waals surface area contributed by atoms with Crippen molar-refractivity contribution in [2.75, 3.05) is 11.9 Å². The highest BCUT2D eigenvalue weighted by Crippen LogP contribution is 2.16. The van der Waals surface area contributed by atoms with E-state index in [4.69, 9.17) is 10.5 Å². The van der Waals surface area contributed by atoms with Crippen LogP contribution in [0.25, 0.3) is 0 Å². The zero-order chi connectivity index (χ0) is 14.4. The van der Waals surface area contributed by atoms with Crippen LogP contribution in [-0.4, -0.2) is 12.5 Å². The molecule has 0 atom stereocenters. The van der Waals surface area contributed by atoms with Gasteiger partial charge in [0, 0.05) is 17.8 Å². The molecular formula is C16H18N2O2. The number of carbonyl (C=O) groups is 1. The first-order valence-corrected chi connectivity index (χ1v) is 6.54. The number of benzene rings is 2. The van der Waals surface area contributed by atoms with Crippen molar-refractivity contribution in [2.24, 2.45) is 5.73 Å². The fourth-order valence-corrected chi connectivity index (χ4v) is 1.87. The van der Waals surface area contributed by atoms with Crippen molar-refractivity contribution in [3.05, 3.63) is 59.7 Å². The highest BCUT2D eigenvalue weighted by Gasteiger charge is 2.01. The van der Waals surface area contributed by atoms with E-state index in [1.165, 1.54) is 0 Å². The molecule has 4 heteroatoms. The lowest BCUT2D eigenvalue weighted by atomic mass is 10.1. The molecule has 0 aliphatic carbocycles. The molecule has 0 radical (unpaired) electrons. The van der Waals surface area contributed by atoms with Crippen LogP contribution in [0.1, 0.15) is 22.8 Å². The molecular weight excluding hydrogens is 252 g/mol. The number of amides is 1. The summed E-state index contributed by atoms with van der Waals surface area (Å²) in [5.74, 6) is 0.446. The lowest BCUT2D eigenvalue weighted by Crippen LogP contribution is -2.11. The monoisotopic (exact) mass is 270 g/mol. The van der Waals surface area contributed by atoms with Gasteiger partial charge in [0.25, 0.3) is 0 Å². The molecule has 0 fully saturated rings. The van der Waals surface area contributed by atoms with Gasteiger partial charge < -0.3 is 15.8 Å². The first kappa shape index (κ1) is 13.9. The molecule has 104 valence electrons. The Morgan fingerprint density at radius 2 is 1.95 bits per heavy atom. The number of ether oxygens (including phenoxy) is 1. The number of hydrogen-bond acceptors (Lipinski definition) is 3. The highest BCUT2D eigenvalue weighted by atomic mass is 16.5. The molecule has 2 rings (SSSR count). The SMILES string of the molecule is CCOc1ccc(NCc2cccc(C(N)=O)c2)cc1. The van der Waals surface area contributed by atoms with Gasteiger partial charge in [-0.2, -0.15) is 0 Å². The zero-order valence-corrected chi connectivity index (χ0v) is 11.4. The molecule has 0 spiro atoms. The molecule has 20 heavy (non-hydrogen) atoms. The minimum Gasteiger partial charge on any atom is -0.494 e. The van der Waals surface area contributed by atoms with E-state index in [-0.39, 0.29) is 0 Å². The summed E-state index contributed by atoms with van der Waals surface area (Å²) in [7, 11) is 0. The van der Waals surface area contributed by atoms with Crippen molar-refractivity contribution in [1.82, 2.24) is 0 Å². The second-order valence-electron chi connectivity index (χ2n) is 4.38. The van der Waals surface area contributed by atoms with Crippen LogP contribution in [0.3, 0.4) is 0 Å². The van der Waals surface area contributed by atoms with E-state index in [1.807, 2.05) is 43.3 Å². The Morgan fingerprint density at radius 1 is 1.20 bits per heavy atom. The third kappa shape index (κ3) is 3.75. The van der Waals surface area contributed by atoms with Gasteiger partial charge in [0.05, 0.1) is 6.61 Å². The smallest absolute Gasteiger partial charge is 0.248 e. The third-order valence-electron chi connectivity index (χ3n) is 2.87. The summed E-state index contributed by atoms with van der Waals surface area (Å²) < 4.78 is 5.39. The predicted molar refractivity (Wildman–Crippen MR) is 79.9 cm³/mol. The lowest BCUT2D eigenvalue weighted by molar-refractivity contribution is 0.1000. The molecule has 0 aromatic heterocycles. The number of carbonyl (C=O) groups excluding carboxylic acids is 1. The number of hydrogen-bond donors (Lipinski definition) is 2. The van der Waals surface area contributed by atoms with Gasteiger partial charge in [-0.25, -0.2) is 0 Å². The molecule has 4 nitrogen and oxygen atoms in total. The van der Waals surface area contributed by atoms with Gasteiger partial charge in [-0.05, 0) is 48.9 Å². The van der Waals surface area contributed by atoms with Gasteiger partial charge >= 0.3 is 0 Å². The standard InChI is InChI=1S/C16H18N2O2/c1-2-20-15-8-6-14(7-9-15)18-11-12-4-3-5-13(10-12)16(17)19/h3-10,18H,2,11H2,1H3,(H2,17,19). The van der Waals surface area contributed by atoms with Gasteiger partial charge in [0.15, 0.2) is 0 Å².